The molecule has 2 rings (SSSR count). The second-order valence-corrected chi connectivity index (χ2v) is 3.58. The van der Waals surface area contributed by atoms with Crippen LogP contribution >= 0.6 is 0 Å². The second-order valence-electron chi connectivity index (χ2n) is 3.58. The van der Waals surface area contributed by atoms with Gasteiger partial charge in [0.2, 0.25) is 0 Å². The average Bonchev–Trinajstić information content (AvgIpc) is 2.49. The Hall–Kier alpha value is -0.980. The number of rotatable bonds is 1. The van der Waals surface area contributed by atoms with E-state index in [0.717, 1.165) is 18.8 Å². The summed E-state index contributed by atoms with van der Waals surface area (Å²) in [5, 5.41) is 0. The summed E-state index contributed by atoms with van der Waals surface area (Å²) in [6, 6.07) is 6.35. The molecule has 0 aromatic heterocycles. The van der Waals surface area contributed by atoms with Crippen LogP contribution in [0, 0.1) is 0 Å². The Morgan fingerprint density at radius 2 is 2.17 bits per heavy atom. The van der Waals surface area contributed by atoms with Gasteiger partial charge in [0.25, 0.3) is 0 Å². The van der Waals surface area contributed by atoms with Gasteiger partial charge in [-0.1, -0.05) is 26.0 Å². The predicted octanol–water partition coefficient (Wildman–Crippen LogP) is 2.74. The largest absolute Gasteiger partial charge is 0.493 e. The topological polar surface area (TPSA) is 9.23 Å². The van der Waals surface area contributed by atoms with Crippen molar-refractivity contribution in [2.24, 2.45) is 0 Å². The molecule has 1 aliphatic heterocycles. The Morgan fingerprint density at radius 1 is 1.33 bits per heavy atom. The maximum absolute atomic E-state index is 5.49. The first-order chi connectivity index (χ1) is 5.79. The third-order valence-electron chi connectivity index (χ3n) is 2.40. The van der Waals surface area contributed by atoms with Crippen LogP contribution in [-0.2, 0) is 6.42 Å². The maximum Gasteiger partial charge on any atom is 0.122 e. The molecule has 12 heavy (non-hydrogen) atoms. The van der Waals surface area contributed by atoms with Crippen LogP contribution in [-0.4, -0.2) is 6.61 Å². The first kappa shape index (κ1) is 7.66. The highest BCUT2D eigenvalue weighted by atomic mass is 16.5. The van der Waals surface area contributed by atoms with E-state index in [2.05, 4.69) is 32.0 Å². The number of fused-ring (bicyclic) bond motifs is 1. The fraction of sp³-hybridized carbons (Fsp3) is 0.455. The highest BCUT2D eigenvalue weighted by Crippen LogP contribution is 2.31. The molecule has 0 saturated carbocycles. The molecule has 0 N–H and O–H groups in total. The van der Waals surface area contributed by atoms with E-state index >= 15 is 0 Å². The lowest BCUT2D eigenvalue weighted by Crippen LogP contribution is -1.92. The normalized spacial score (nSPS) is 14.6. The van der Waals surface area contributed by atoms with Gasteiger partial charge < -0.3 is 4.74 Å². The van der Waals surface area contributed by atoms with Crippen LogP contribution in [0.25, 0.3) is 0 Å². The molecule has 1 heterocycles. The van der Waals surface area contributed by atoms with Gasteiger partial charge in [0, 0.05) is 12.0 Å². The van der Waals surface area contributed by atoms with Crippen molar-refractivity contribution in [2.75, 3.05) is 6.61 Å². The van der Waals surface area contributed by atoms with Crippen LogP contribution in [0.3, 0.4) is 0 Å². The summed E-state index contributed by atoms with van der Waals surface area (Å²) in [5.41, 5.74) is 2.87. The monoisotopic (exact) mass is 162 g/mol. The van der Waals surface area contributed by atoms with Crippen molar-refractivity contribution in [3.05, 3.63) is 29.3 Å². The van der Waals surface area contributed by atoms with E-state index in [1.165, 1.54) is 11.1 Å². The molecule has 1 aromatic rings. The van der Waals surface area contributed by atoms with Gasteiger partial charge in [-0.2, -0.15) is 0 Å². The Labute approximate surface area is 73.4 Å². The zero-order valence-electron chi connectivity index (χ0n) is 7.63. The molecule has 0 saturated heterocycles. The lowest BCUT2D eigenvalue weighted by atomic mass is 9.96. The highest BCUT2D eigenvalue weighted by Gasteiger charge is 2.16. The van der Waals surface area contributed by atoms with Crippen molar-refractivity contribution in [3.63, 3.8) is 0 Å². The van der Waals surface area contributed by atoms with Gasteiger partial charge in [-0.25, -0.2) is 0 Å². The zero-order chi connectivity index (χ0) is 8.55. The van der Waals surface area contributed by atoms with Crippen LogP contribution in [0.1, 0.15) is 30.9 Å². The fourth-order valence-electron chi connectivity index (χ4n) is 1.79. The summed E-state index contributed by atoms with van der Waals surface area (Å²) >= 11 is 0. The molecule has 0 fully saturated rings. The molecular weight excluding hydrogens is 148 g/mol. The summed E-state index contributed by atoms with van der Waals surface area (Å²) < 4.78 is 5.49. The van der Waals surface area contributed by atoms with Crippen LogP contribution in [0.4, 0.5) is 0 Å². The summed E-state index contributed by atoms with van der Waals surface area (Å²) in [6.45, 7) is 5.32. The van der Waals surface area contributed by atoms with E-state index in [-0.39, 0.29) is 0 Å². The van der Waals surface area contributed by atoms with E-state index < -0.39 is 0 Å². The molecular formula is C11H14O. The van der Waals surface area contributed by atoms with Gasteiger partial charge in [0.15, 0.2) is 0 Å². The van der Waals surface area contributed by atoms with Crippen LogP contribution in [0.5, 0.6) is 5.75 Å². The zero-order valence-corrected chi connectivity index (χ0v) is 7.63. The van der Waals surface area contributed by atoms with E-state index in [4.69, 9.17) is 4.74 Å². The molecule has 0 spiro atoms. The second kappa shape index (κ2) is 2.81. The highest BCUT2D eigenvalue weighted by molar-refractivity contribution is 5.44. The molecule has 0 bridgehead atoms. The summed E-state index contributed by atoms with van der Waals surface area (Å²) in [4.78, 5) is 0. The Balaban J connectivity index is 2.49. The van der Waals surface area contributed by atoms with Crippen LogP contribution in [0.2, 0.25) is 0 Å². The van der Waals surface area contributed by atoms with E-state index in [1.54, 1.807) is 0 Å². The minimum atomic E-state index is 0.613. The number of hydrogen-bond acceptors (Lipinski definition) is 1. The summed E-state index contributed by atoms with van der Waals surface area (Å²) in [6.07, 6.45) is 1.09. The molecule has 1 heteroatoms. The van der Waals surface area contributed by atoms with Crippen molar-refractivity contribution in [2.45, 2.75) is 26.2 Å². The van der Waals surface area contributed by atoms with Gasteiger partial charge in [-0.15, -0.1) is 0 Å². The molecule has 1 nitrogen and oxygen atoms in total. The van der Waals surface area contributed by atoms with Crippen molar-refractivity contribution < 1.29 is 4.74 Å². The van der Waals surface area contributed by atoms with Crippen LogP contribution < -0.4 is 4.74 Å². The van der Waals surface area contributed by atoms with E-state index in [0.29, 0.717) is 5.92 Å². The number of benzene rings is 1. The number of hydrogen-bond donors (Lipinski definition) is 0. The molecule has 1 aromatic carbocycles. The number of ether oxygens (including phenoxy) is 1. The summed E-state index contributed by atoms with van der Waals surface area (Å²) in [5.74, 6) is 1.71. The quantitative estimate of drug-likeness (QED) is 0.617. The average molecular weight is 162 g/mol. The molecule has 0 aliphatic carbocycles. The molecule has 0 unspecified atom stereocenters. The van der Waals surface area contributed by atoms with Gasteiger partial charge >= 0.3 is 0 Å². The van der Waals surface area contributed by atoms with Crippen molar-refractivity contribution >= 4 is 0 Å². The van der Waals surface area contributed by atoms with Crippen molar-refractivity contribution in [1.82, 2.24) is 0 Å². The van der Waals surface area contributed by atoms with Gasteiger partial charge in [-0.05, 0) is 17.5 Å². The Kier molecular flexibility index (Phi) is 1.80. The first-order valence-corrected chi connectivity index (χ1v) is 4.53. The first-order valence-electron chi connectivity index (χ1n) is 4.53. The van der Waals surface area contributed by atoms with Gasteiger partial charge in [0.05, 0.1) is 6.61 Å². The smallest absolute Gasteiger partial charge is 0.122 e. The van der Waals surface area contributed by atoms with Crippen molar-refractivity contribution in [1.29, 1.82) is 0 Å². The van der Waals surface area contributed by atoms with Crippen LogP contribution in [0.15, 0.2) is 18.2 Å². The summed E-state index contributed by atoms with van der Waals surface area (Å²) in [7, 11) is 0. The third-order valence-corrected chi connectivity index (χ3v) is 2.40. The molecule has 0 radical (unpaired) electrons. The Bertz CT molecular complexity index is 289. The molecule has 64 valence electrons. The SMILES string of the molecule is CC(C)c1cccc2c1CCO2. The lowest BCUT2D eigenvalue weighted by Gasteiger charge is -2.09. The molecule has 1 aliphatic rings. The standard InChI is InChI=1S/C11H14O/c1-8(2)9-4-3-5-11-10(9)6-7-12-11/h3-5,8H,6-7H2,1-2H3. The van der Waals surface area contributed by atoms with Crippen molar-refractivity contribution in [3.8, 4) is 5.75 Å². The van der Waals surface area contributed by atoms with Gasteiger partial charge in [-0.3, -0.25) is 0 Å². The fourth-order valence-corrected chi connectivity index (χ4v) is 1.79. The van der Waals surface area contributed by atoms with Gasteiger partial charge in [0.1, 0.15) is 5.75 Å². The van der Waals surface area contributed by atoms with E-state index in [1.807, 2.05) is 0 Å². The minimum Gasteiger partial charge on any atom is -0.493 e. The third kappa shape index (κ3) is 1.09. The minimum absolute atomic E-state index is 0.613. The molecule has 0 atom stereocenters. The predicted molar refractivity (Wildman–Crippen MR) is 49.7 cm³/mol. The molecule has 0 amide bonds. The maximum atomic E-state index is 5.49. The lowest BCUT2D eigenvalue weighted by molar-refractivity contribution is 0.357. The van der Waals surface area contributed by atoms with E-state index in [9.17, 15) is 0 Å². The Morgan fingerprint density at radius 3 is 2.92 bits per heavy atom.